The van der Waals surface area contributed by atoms with Crippen LogP contribution in [0.2, 0.25) is 5.02 Å². The van der Waals surface area contributed by atoms with Crippen LogP contribution in [0.25, 0.3) is 0 Å². The summed E-state index contributed by atoms with van der Waals surface area (Å²) in [6.07, 6.45) is 0.476. The van der Waals surface area contributed by atoms with Crippen LogP contribution in [-0.2, 0) is 6.42 Å². The van der Waals surface area contributed by atoms with Gasteiger partial charge in [0.05, 0.1) is 11.1 Å². The lowest BCUT2D eigenvalue weighted by molar-refractivity contribution is 0.535. The number of hydrazine groups is 1. The Hall–Kier alpha value is -0.940. The average molecular weight is 271 g/mol. The minimum Gasteiger partial charge on any atom is -0.271 e. The van der Waals surface area contributed by atoms with Gasteiger partial charge in [0, 0.05) is 4.88 Å². The number of benzene rings is 1. The van der Waals surface area contributed by atoms with E-state index >= 15 is 0 Å². The molecular formula is C12H12ClFN2S. The third-order valence-corrected chi connectivity index (χ3v) is 3.82. The molecule has 0 spiro atoms. The van der Waals surface area contributed by atoms with Gasteiger partial charge in [0.2, 0.25) is 0 Å². The molecular weight excluding hydrogens is 259 g/mol. The third-order valence-electron chi connectivity index (χ3n) is 2.54. The Morgan fingerprint density at radius 2 is 2.18 bits per heavy atom. The first-order valence-corrected chi connectivity index (χ1v) is 6.40. The van der Waals surface area contributed by atoms with Crippen LogP contribution >= 0.6 is 22.9 Å². The van der Waals surface area contributed by atoms with Crippen molar-refractivity contribution in [2.75, 3.05) is 0 Å². The molecule has 2 aromatic rings. The van der Waals surface area contributed by atoms with Crippen molar-refractivity contribution in [3.8, 4) is 0 Å². The molecule has 5 heteroatoms. The van der Waals surface area contributed by atoms with E-state index in [0.717, 1.165) is 4.88 Å². The zero-order valence-corrected chi connectivity index (χ0v) is 10.6. The third kappa shape index (κ3) is 2.84. The monoisotopic (exact) mass is 270 g/mol. The van der Waals surface area contributed by atoms with E-state index in [1.807, 2.05) is 17.5 Å². The predicted molar refractivity (Wildman–Crippen MR) is 69.5 cm³/mol. The number of halogens is 2. The molecule has 0 fully saturated rings. The van der Waals surface area contributed by atoms with Crippen LogP contribution in [-0.4, -0.2) is 0 Å². The van der Waals surface area contributed by atoms with E-state index in [9.17, 15) is 4.39 Å². The summed E-state index contributed by atoms with van der Waals surface area (Å²) in [6, 6.07) is 8.82. The molecule has 90 valence electrons. The first kappa shape index (κ1) is 12.5. The summed E-state index contributed by atoms with van der Waals surface area (Å²) >= 11 is 7.33. The second-order valence-electron chi connectivity index (χ2n) is 3.65. The van der Waals surface area contributed by atoms with Crippen LogP contribution in [0, 0.1) is 5.82 Å². The van der Waals surface area contributed by atoms with Gasteiger partial charge in [-0.15, -0.1) is 11.3 Å². The fraction of sp³-hybridized carbons (Fsp3) is 0.167. The van der Waals surface area contributed by atoms with E-state index in [2.05, 4.69) is 5.43 Å². The zero-order valence-electron chi connectivity index (χ0n) is 8.99. The number of thiophene rings is 1. The number of nitrogens with two attached hydrogens (primary N) is 1. The topological polar surface area (TPSA) is 38.0 Å². The van der Waals surface area contributed by atoms with Crippen molar-refractivity contribution in [2.45, 2.75) is 12.5 Å². The van der Waals surface area contributed by atoms with Gasteiger partial charge in [0.15, 0.2) is 0 Å². The summed E-state index contributed by atoms with van der Waals surface area (Å²) in [7, 11) is 0. The van der Waals surface area contributed by atoms with E-state index in [-0.39, 0.29) is 16.9 Å². The number of nitrogens with one attached hydrogen (secondary N) is 1. The summed E-state index contributed by atoms with van der Waals surface area (Å²) in [5.74, 6) is 5.13. The Morgan fingerprint density at radius 1 is 1.35 bits per heavy atom. The summed E-state index contributed by atoms with van der Waals surface area (Å²) in [4.78, 5) is 1.08. The Labute approximate surface area is 108 Å². The lowest BCUT2D eigenvalue weighted by Crippen LogP contribution is -2.29. The molecule has 2 rings (SSSR count). The highest BCUT2D eigenvalue weighted by molar-refractivity contribution is 7.10. The van der Waals surface area contributed by atoms with Crippen LogP contribution in [0.3, 0.4) is 0 Å². The molecule has 0 saturated heterocycles. The highest BCUT2D eigenvalue weighted by Crippen LogP contribution is 2.25. The molecule has 0 saturated carbocycles. The average Bonchev–Trinajstić information content (AvgIpc) is 2.85. The van der Waals surface area contributed by atoms with Crippen LogP contribution in [0.15, 0.2) is 35.7 Å². The van der Waals surface area contributed by atoms with Gasteiger partial charge in [-0.25, -0.2) is 4.39 Å². The molecule has 3 N–H and O–H groups in total. The van der Waals surface area contributed by atoms with Crippen molar-refractivity contribution in [3.63, 3.8) is 0 Å². The molecule has 0 radical (unpaired) electrons. The first-order chi connectivity index (χ1) is 8.22. The van der Waals surface area contributed by atoms with Gasteiger partial charge in [-0.1, -0.05) is 29.8 Å². The molecule has 1 unspecified atom stereocenters. The molecule has 1 heterocycles. The molecule has 1 atom stereocenters. The van der Waals surface area contributed by atoms with Crippen molar-refractivity contribution in [2.24, 2.45) is 5.84 Å². The summed E-state index contributed by atoms with van der Waals surface area (Å²) in [6.45, 7) is 0. The van der Waals surface area contributed by atoms with Crippen molar-refractivity contribution < 1.29 is 4.39 Å². The zero-order chi connectivity index (χ0) is 12.3. The van der Waals surface area contributed by atoms with Crippen molar-refractivity contribution >= 4 is 22.9 Å². The minimum atomic E-state index is -0.369. The maximum atomic E-state index is 13.7. The van der Waals surface area contributed by atoms with Gasteiger partial charge in [-0.2, -0.15) is 0 Å². The van der Waals surface area contributed by atoms with Crippen LogP contribution in [0.1, 0.15) is 16.5 Å². The number of hydrogen-bond donors (Lipinski definition) is 2. The molecule has 17 heavy (non-hydrogen) atoms. The van der Waals surface area contributed by atoms with Gasteiger partial charge >= 0.3 is 0 Å². The maximum absolute atomic E-state index is 13.7. The fourth-order valence-electron chi connectivity index (χ4n) is 1.66. The van der Waals surface area contributed by atoms with E-state index in [0.29, 0.717) is 12.0 Å². The van der Waals surface area contributed by atoms with E-state index in [4.69, 9.17) is 17.4 Å². The Kier molecular flexibility index (Phi) is 4.12. The standard InChI is InChI=1S/C12H12ClFN2S/c13-9-4-1-3-8(12(9)14)7-10(16-15)11-5-2-6-17-11/h1-6,10,16H,7,15H2. The fourth-order valence-corrected chi connectivity index (χ4v) is 2.64. The summed E-state index contributed by atoms with van der Waals surface area (Å²) in [5.41, 5.74) is 3.26. The lowest BCUT2D eigenvalue weighted by Gasteiger charge is -2.15. The smallest absolute Gasteiger partial charge is 0.145 e. The molecule has 0 aliphatic rings. The van der Waals surface area contributed by atoms with Gasteiger partial charge < -0.3 is 0 Å². The largest absolute Gasteiger partial charge is 0.271 e. The molecule has 0 aliphatic heterocycles. The second-order valence-corrected chi connectivity index (χ2v) is 5.04. The molecule has 1 aromatic heterocycles. The lowest BCUT2D eigenvalue weighted by atomic mass is 10.0. The molecule has 1 aromatic carbocycles. The Morgan fingerprint density at radius 3 is 2.82 bits per heavy atom. The molecule has 0 aliphatic carbocycles. The Balaban J connectivity index is 2.22. The van der Waals surface area contributed by atoms with Crippen molar-refractivity contribution in [3.05, 3.63) is 57.0 Å². The van der Waals surface area contributed by atoms with Gasteiger partial charge in [0.25, 0.3) is 0 Å². The predicted octanol–water partition coefficient (Wildman–Crippen LogP) is 3.29. The first-order valence-electron chi connectivity index (χ1n) is 5.14. The molecule has 0 amide bonds. The highest BCUT2D eigenvalue weighted by Gasteiger charge is 2.15. The normalized spacial score (nSPS) is 12.6. The highest BCUT2D eigenvalue weighted by atomic mass is 35.5. The quantitative estimate of drug-likeness (QED) is 0.661. The summed E-state index contributed by atoms with van der Waals surface area (Å²) < 4.78 is 13.7. The summed E-state index contributed by atoms with van der Waals surface area (Å²) in [5, 5.41) is 2.11. The van der Waals surface area contributed by atoms with Gasteiger partial charge in [-0.3, -0.25) is 11.3 Å². The van der Waals surface area contributed by atoms with Crippen molar-refractivity contribution in [1.82, 2.24) is 5.43 Å². The number of rotatable bonds is 4. The maximum Gasteiger partial charge on any atom is 0.145 e. The molecule has 2 nitrogen and oxygen atoms in total. The van der Waals surface area contributed by atoms with E-state index in [1.165, 1.54) is 6.07 Å². The number of hydrogen-bond acceptors (Lipinski definition) is 3. The van der Waals surface area contributed by atoms with Crippen LogP contribution < -0.4 is 11.3 Å². The van der Waals surface area contributed by atoms with E-state index < -0.39 is 0 Å². The second kappa shape index (κ2) is 5.60. The minimum absolute atomic E-state index is 0.0945. The Bertz CT molecular complexity index is 487. The van der Waals surface area contributed by atoms with Gasteiger partial charge in [-0.05, 0) is 29.5 Å². The van der Waals surface area contributed by atoms with Crippen LogP contribution in [0.4, 0.5) is 4.39 Å². The van der Waals surface area contributed by atoms with Crippen molar-refractivity contribution in [1.29, 1.82) is 0 Å². The van der Waals surface area contributed by atoms with Gasteiger partial charge in [0.1, 0.15) is 5.82 Å². The van der Waals surface area contributed by atoms with E-state index in [1.54, 1.807) is 23.5 Å². The molecule has 0 bridgehead atoms. The van der Waals surface area contributed by atoms with Crippen LogP contribution in [0.5, 0.6) is 0 Å². The SMILES string of the molecule is NNC(Cc1cccc(Cl)c1F)c1cccs1.